The lowest BCUT2D eigenvalue weighted by molar-refractivity contribution is 0.0373. The molecule has 2 fully saturated rings. The molecule has 0 amide bonds. The molecule has 2 aliphatic heterocycles. The Balaban J connectivity index is 2.17. The summed E-state index contributed by atoms with van der Waals surface area (Å²) in [6.07, 6.45) is -0.0439. The summed E-state index contributed by atoms with van der Waals surface area (Å²) in [5, 5.41) is 0. The van der Waals surface area contributed by atoms with Crippen LogP contribution in [-0.2, 0) is 0 Å². The second-order valence-electron chi connectivity index (χ2n) is 3.86. The number of halogens is 2. The number of fused-ring (bicyclic) bond motifs is 1. The van der Waals surface area contributed by atoms with Crippen molar-refractivity contribution in [2.45, 2.75) is 37.3 Å². The Morgan fingerprint density at radius 1 is 1.42 bits per heavy atom. The Morgan fingerprint density at radius 2 is 2.17 bits per heavy atom. The fourth-order valence-corrected chi connectivity index (χ4v) is 2.46. The molecule has 4 heteroatoms. The molecule has 0 aromatic rings. The van der Waals surface area contributed by atoms with Crippen molar-refractivity contribution in [2.24, 2.45) is 5.73 Å². The van der Waals surface area contributed by atoms with Gasteiger partial charge in [-0.2, -0.15) is 0 Å². The fraction of sp³-hybridized carbons (Fsp3) is 1.00. The monoisotopic (exact) mass is 176 g/mol. The Hall–Kier alpha value is -0.220. The van der Waals surface area contributed by atoms with Gasteiger partial charge in [0.1, 0.15) is 0 Å². The van der Waals surface area contributed by atoms with Crippen molar-refractivity contribution < 1.29 is 8.78 Å². The van der Waals surface area contributed by atoms with E-state index in [-0.39, 0.29) is 6.04 Å². The smallest absolute Gasteiger partial charge is 0.257 e. The molecule has 0 spiro atoms. The highest BCUT2D eigenvalue weighted by Crippen LogP contribution is 2.37. The van der Waals surface area contributed by atoms with Crippen LogP contribution in [0.25, 0.3) is 0 Å². The van der Waals surface area contributed by atoms with E-state index in [2.05, 4.69) is 4.90 Å². The van der Waals surface area contributed by atoms with Gasteiger partial charge < -0.3 is 5.73 Å². The predicted molar refractivity (Wildman–Crippen MR) is 42.1 cm³/mol. The Kier molecular flexibility index (Phi) is 1.84. The maximum Gasteiger partial charge on any atom is 0.257 e. The average molecular weight is 176 g/mol. The van der Waals surface area contributed by atoms with E-state index in [9.17, 15) is 8.78 Å². The molecule has 0 radical (unpaired) electrons. The van der Waals surface area contributed by atoms with Crippen LogP contribution in [0.5, 0.6) is 0 Å². The molecule has 0 aliphatic carbocycles. The number of hydrogen-bond acceptors (Lipinski definition) is 2. The SMILES string of the molecule is NC1(C(F)F)CCN2CCCC21. The van der Waals surface area contributed by atoms with Gasteiger partial charge in [0.15, 0.2) is 0 Å². The first-order valence-corrected chi connectivity index (χ1v) is 4.45. The van der Waals surface area contributed by atoms with Gasteiger partial charge in [-0.15, -0.1) is 0 Å². The van der Waals surface area contributed by atoms with Crippen LogP contribution in [0.4, 0.5) is 8.78 Å². The van der Waals surface area contributed by atoms with Crippen molar-refractivity contribution in [1.82, 2.24) is 4.90 Å². The molecule has 2 rings (SSSR count). The van der Waals surface area contributed by atoms with Crippen LogP contribution in [0.3, 0.4) is 0 Å². The Morgan fingerprint density at radius 3 is 2.83 bits per heavy atom. The third-order valence-corrected chi connectivity index (χ3v) is 3.22. The van der Waals surface area contributed by atoms with E-state index in [1.807, 2.05) is 0 Å². The number of nitrogens with two attached hydrogens (primary N) is 1. The van der Waals surface area contributed by atoms with Gasteiger partial charge in [0.2, 0.25) is 0 Å². The quantitative estimate of drug-likeness (QED) is 0.640. The molecule has 2 unspecified atom stereocenters. The molecule has 0 aromatic heterocycles. The number of nitrogens with zero attached hydrogens (tertiary/aromatic N) is 1. The molecule has 0 aromatic carbocycles. The number of hydrogen-bond donors (Lipinski definition) is 1. The first-order valence-electron chi connectivity index (χ1n) is 4.45. The fourth-order valence-electron chi connectivity index (χ4n) is 2.46. The van der Waals surface area contributed by atoms with Crippen molar-refractivity contribution >= 4 is 0 Å². The zero-order valence-electron chi connectivity index (χ0n) is 6.97. The van der Waals surface area contributed by atoms with E-state index < -0.39 is 12.0 Å². The van der Waals surface area contributed by atoms with Gasteiger partial charge in [0.25, 0.3) is 6.43 Å². The van der Waals surface area contributed by atoms with Gasteiger partial charge in [-0.1, -0.05) is 0 Å². The van der Waals surface area contributed by atoms with Crippen LogP contribution in [0, 0.1) is 0 Å². The largest absolute Gasteiger partial charge is 0.319 e. The van der Waals surface area contributed by atoms with Crippen LogP contribution in [0.2, 0.25) is 0 Å². The van der Waals surface area contributed by atoms with E-state index in [1.165, 1.54) is 0 Å². The van der Waals surface area contributed by atoms with Crippen LogP contribution >= 0.6 is 0 Å². The summed E-state index contributed by atoms with van der Waals surface area (Å²) >= 11 is 0. The summed E-state index contributed by atoms with van der Waals surface area (Å²) < 4.78 is 25.2. The average Bonchev–Trinajstić information content (AvgIpc) is 2.54. The molecule has 70 valence electrons. The van der Waals surface area contributed by atoms with E-state index in [0.717, 1.165) is 25.9 Å². The Bertz CT molecular complexity index is 186. The molecule has 0 bridgehead atoms. The van der Waals surface area contributed by atoms with Gasteiger partial charge in [-0.05, 0) is 25.8 Å². The third-order valence-electron chi connectivity index (χ3n) is 3.22. The second-order valence-corrected chi connectivity index (χ2v) is 3.86. The minimum Gasteiger partial charge on any atom is -0.319 e. The van der Waals surface area contributed by atoms with Gasteiger partial charge in [-0.3, -0.25) is 4.90 Å². The van der Waals surface area contributed by atoms with E-state index in [4.69, 9.17) is 5.73 Å². The lowest BCUT2D eigenvalue weighted by atomic mass is 9.90. The second kappa shape index (κ2) is 2.64. The van der Waals surface area contributed by atoms with Crippen molar-refractivity contribution in [3.8, 4) is 0 Å². The van der Waals surface area contributed by atoms with E-state index in [1.54, 1.807) is 0 Å². The molecule has 2 saturated heterocycles. The molecule has 0 saturated carbocycles. The maximum absolute atomic E-state index is 12.6. The minimum atomic E-state index is -2.37. The van der Waals surface area contributed by atoms with Crippen molar-refractivity contribution in [3.05, 3.63) is 0 Å². The number of rotatable bonds is 1. The van der Waals surface area contributed by atoms with Gasteiger partial charge in [0.05, 0.1) is 5.54 Å². The highest BCUT2D eigenvalue weighted by molar-refractivity contribution is 5.07. The standard InChI is InChI=1S/C8H14F2N2/c9-7(10)8(11)3-5-12-4-1-2-6(8)12/h6-7H,1-5,11H2. The molecule has 2 N–H and O–H groups in total. The molecule has 12 heavy (non-hydrogen) atoms. The normalized spacial score (nSPS) is 42.5. The summed E-state index contributed by atoms with van der Waals surface area (Å²) in [5.74, 6) is 0. The lowest BCUT2D eigenvalue weighted by Crippen LogP contribution is -2.54. The lowest BCUT2D eigenvalue weighted by Gasteiger charge is -2.29. The van der Waals surface area contributed by atoms with Crippen molar-refractivity contribution in [1.29, 1.82) is 0 Å². The maximum atomic E-state index is 12.6. The van der Waals surface area contributed by atoms with Crippen LogP contribution in [-0.4, -0.2) is 36.0 Å². The topological polar surface area (TPSA) is 29.3 Å². The van der Waals surface area contributed by atoms with E-state index in [0.29, 0.717) is 6.42 Å². The third kappa shape index (κ3) is 0.977. The van der Waals surface area contributed by atoms with Crippen LogP contribution in [0.1, 0.15) is 19.3 Å². The molecule has 2 atom stereocenters. The molecular weight excluding hydrogens is 162 g/mol. The summed E-state index contributed by atoms with van der Waals surface area (Å²) in [7, 11) is 0. The molecular formula is C8H14F2N2. The highest BCUT2D eigenvalue weighted by Gasteiger charge is 2.52. The summed E-state index contributed by atoms with van der Waals surface area (Å²) in [6, 6.07) is -0.0579. The minimum absolute atomic E-state index is 0.0579. The predicted octanol–water partition coefficient (Wildman–Crippen LogP) is 0.817. The Labute approximate surface area is 70.7 Å². The highest BCUT2D eigenvalue weighted by atomic mass is 19.3. The first-order chi connectivity index (χ1) is 5.64. The van der Waals surface area contributed by atoms with Gasteiger partial charge in [0, 0.05) is 12.6 Å². The summed E-state index contributed by atoms with van der Waals surface area (Å²) in [6.45, 7) is 1.71. The zero-order valence-corrected chi connectivity index (χ0v) is 6.97. The molecule has 2 nitrogen and oxygen atoms in total. The number of alkyl halides is 2. The van der Waals surface area contributed by atoms with Crippen molar-refractivity contribution in [2.75, 3.05) is 13.1 Å². The van der Waals surface area contributed by atoms with Crippen molar-refractivity contribution in [3.63, 3.8) is 0 Å². The van der Waals surface area contributed by atoms with Crippen LogP contribution < -0.4 is 5.73 Å². The zero-order chi connectivity index (χ0) is 8.77. The van der Waals surface area contributed by atoms with Crippen LogP contribution in [0.15, 0.2) is 0 Å². The van der Waals surface area contributed by atoms with Gasteiger partial charge >= 0.3 is 0 Å². The van der Waals surface area contributed by atoms with E-state index >= 15 is 0 Å². The first kappa shape index (κ1) is 8.38. The molecule has 2 aliphatic rings. The summed E-state index contributed by atoms with van der Waals surface area (Å²) in [5.41, 5.74) is 4.48. The summed E-state index contributed by atoms with van der Waals surface area (Å²) in [4.78, 5) is 2.10. The molecule has 2 heterocycles. The van der Waals surface area contributed by atoms with Gasteiger partial charge in [-0.25, -0.2) is 8.78 Å².